The van der Waals surface area contributed by atoms with E-state index in [1.807, 2.05) is 0 Å². The van der Waals surface area contributed by atoms with Crippen LogP contribution in [0.15, 0.2) is 38.7 Å². The highest BCUT2D eigenvalue weighted by molar-refractivity contribution is 7.99. The standard InChI is InChI=1S/C13H13F2NOS/c1-8-12(3-5-17-8)18-13-10(14)6-9(2-4-16)7-11(13)15/h3,5-7H,2,4,16H2,1H3. The lowest BCUT2D eigenvalue weighted by atomic mass is 10.1. The Morgan fingerprint density at radius 3 is 2.44 bits per heavy atom. The van der Waals surface area contributed by atoms with E-state index in [9.17, 15) is 8.78 Å². The van der Waals surface area contributed by atoms with E-state index in [-0.39, 0.29) is 4.90 Å². The predicted molar refractivity (Wildman–Crippen MR) is 66.7 cm³/mol. The van der Waals surface area contributed by atoms with Crippen molar-refractivity contribution in [2.45, 2.75) is 23.1 Å². The maximum atomic E-state index is 13.8. The van der Waals surface area contributed by atoms with Crippen LogP contribution >= 0.6 is 11.8 Å². The van der Waals surface area contributed by atoms with Crippen molar-refractivity contribution < 1.29 is 13.2 Å². The van der Waals surface area contributed by atoms with Gasteiger partial charge < -0.3 is 10.2 Å². The average molecular weight is 269 g/mol. The zero-order valence-corrected chi connectivity index (χ0v) is 10.7. The molecular weight excluding hydrogens is 256 g/mol. The second-order valence-corrected chi connectivity index (χ2v) is 4.92. The van der Waals surface area contributed by atoms with Crippen molar-refractivity contribution in [1.82, 2.24) is 0 Å². The van der Waals surface area contributed by atoms with Gasteiger partial charge in [-0.25, -0.2) is 8.78 Å². The zero-order valence-electron chi connectivity index (χ0n) is 9.87. The minimum Gasteiger partial charge on any atom is -0.468 e. The van der Waals surface area contributed by atoms with Crippen molar-refractivity contribution in [3.05, 3.63) is 47.4 Å². The van der Waals surface area contributed by atoms with Crippen LogP contribution in [0, 0.1) is 18.6 Å². The van der Waals surface area contributed by atoms with Gasteiger partial charge >= 0.3 is 0 Å². The van der Waals surface area contributed by atoms with Crippen LogP contribution in [0.4, 0.5) is 8.78 Å². The Morgan fingerprint density at radius 1 is 1.28 bits per heavy atom. The third kappa shape index (κ3) is 2.73. The fraction of sp³-hybridized carbons (Fsp3) is 0.231. The lowest BCUT2D eigenvalue weighted by Crippen LogP contribution is -2.04. The van der Waals surface area contributed by atoms with Crippen LogP contribution in [-0.4, -0.2) is 6.54 Å². The topological polar surface area (TPSA) is 39.2 Å². The molecule has 0 aliphatic rings. The van der Waals surface area contributed by atoms with Crippen molar-refractivity contribution in [2.75, 3.05) is 6.54 Å². The van der Waals surface area contributed by atoms with Gasteiger partial charge in [0.2, 0.25) is 0 Å². The molecule has 0 aliphatic heterocycles. The zero-order chi connectivity index (χ0) is 13.1. The third-order valence-corrected chi connectivity index (χ3v) is 3.75. The number of benzene rings is 1. The van der Waals surface area contributed by atoms with Crippen LogP contribution in [0.2, 0.25) is 0 Å². The van der Waals surface area contributed by atoms with Gasteiger partial charge in [0.05, 0.1) is 16.1 Å². The monoisotopic (exact) mass is 269 g/mol. The molecule has 0 fully saturated rings. The fourth-order valence-electron chi connectivity index (χ4n) is 1.61. The molecule has 0 saturated carbocycles. The van der Waals surface area contributed by atoms with Crippen LogP contribution in [0.3, 0.4) is 0 Å². The summed E-state index contributed by atoms with van der Waals surface area (Å²) in [6.45, 7) is 2.12. The molecule has 0 radical (unpaired) electrons. The first-order valence-corrected chi connectivity index (χ1v) is 6.33. The molecule has 5 heteroatoms. The molecule has 0 spiro atoms. The lowest BCUT2D eigenvalue weighted by Gasteiger charge is -2.06. The number of aryl methyl sites for hydroxylation is 1. The molecule has 96 valence electrons. The van der Waals surface area contributed by atoms with Gasteiger partial charge in [-0.1, -0.05) is 11.8 Å². The van der Waals surface area contributed by atoms with E-state index in [2.05, 4.69) is 0 Å². The van der Waals surface area contributed by atoms with Crippen LogP contribution in [0.25, 0.3) is 0 Å². The van der Waals surface area contributed by atoms with Crippen LogP contribution in [0.1, 0.15) is 11.3 Å². The highest BCUT2D eigenvalue weighted by Gasteiger charge is 2.14. The molecule has 1 heterocycles. The average Bonchev–Trinajstić information content (AvgIpc) is 2.70. The molecule has 0 saturated heterocycles. The smallest absolute Gasteiger partial charge is 0.140 e. The van der Waals surface area contributed by atoms with E-state index in [1.165, 1.54) is 18.4 Å². The first kappa shape index (κ1) is 13.1. The van der Waals surface area contributed by atoms with E-state index >= 15 is 0 Å². The molecule has 1 aromatic carbocycles. The lowest BCUT2D eigenvalue weighted by molar-refractivity contribution is 0.525. The van der Waals surface area contributed by atoms with Crippen molar-refractivity contribution >= 4 is 11.8 Å². The summed E-state index contributed by atoms with van der Waals surface area (Å²) in [4.78, 5) is 0.694. The van der Waals surface area contributed by atoms with Crippen LogP contribution in [-0.2, 0) is 6.42 Å². The number of nitrogens with two attached hydrogens (primary N) is 1. The second-order valence-electron chi connectivity index (χ2n) is 3.87. The maximum absolute atomic E-state index is 13.8. The Labute approximate surface area is 108 Å². The normalized spacial score (nSPS) is 10.9. The molecule has 18 heavy (non-hydrogen) atoms. The number of rotatable bonds is 4. The summed E-state index contributed by atoms with van der Waals surface area (Å²) >= 11 is 1.03. The number of hydrogen-bond acceptors (Lipinski definition) is 3. The predicted octanol–water partition coefficient (Wildman–Crippen LogP) is 3.52. The maximum Gasteiger partial charge on any atom is 0.140 e. The number of halogens is 2. The summed E-state index contributed by atoms with van der Waals surface area (Å²) in [5.74, 6) is -0.488. The minimum absolute atomic E-state index is 0.0136. The molecule has 0 amide bonds. The van der Waals surface area contributed by atoms with E-state index in [0.29, 0.717) is 29.2 Å². The molecule has 1 aromatic heterocycles. The van der Waals surface area contributed by atoms with Crippen LogP contribution < -0.4 is 5.73 Å². The molecule has 2 rings (SSSR count). The summed E-state index contributed by atoms with van der Waals surface area (Å²) in [7, 11) is 0. The molecule has 0 bridgehead atoms. The molecule has 0 atom stereocenters. The van der Waals surface area contributed by atoms with Gasteiger partial charge in [-0.05, 0) is 43.7 Å². The van der Waals surface area contributed by atoms with Crippen molar-refractivity contribution in [3.63, 3.8) is 0 Å². The van der Waals surface area contributed by atoms with E-state index in [0.717, 1.165) is 11.8 Å². The molecule has 2 nitrogen and oxygen atoms in total. The second kappa shape index (κ2) is 5.54. The molecule has 2 N–H and O–H groups in total. The van der Waals surface area contributed by atoms with Crippen molar-refractivity contribution in [3.8, 4) is 0 Å². The Hall–Kier alpha value is -1.33. The quantitative estimate of drug-likeness (QED) is 0.923. The van der Waals surface area contributed by atoms with E-state index in [4.69, 9.17) is 10.2 Å². The first-order chi connectivity index (χ1) is 8.61. The molecule has 0 unspecified atom stereocenters. The number of hydrogen-bond donors (Lipinski definition) is 1. The summed E-state index contributed by atoms with van der Waals surface area (Å²) in [5.41, 5.74) is 5.94. The Kier molecular flexibility index (Phi) is 4.04. The summed E-state index contributed by atoms with van der Waals surface area (Å²) in [6.07, 6.45) is 1.96. The van der Waals surface area contributed by atoms with Crippen molar-refractivity contribution in [1.29, 1.82) is 0 Å². The fourth-order valence-corrected chi connectivity index (χ4v) is 2.46. The third-order valence-electron chi connectivity index (χ3n) is 2.51. The van der Waals surface area contributed by atoms with Crippen LogP contribution in [0.5, 0.6) is 0 Å². The molecule has 0 aliphatic carbocycles. The Morgan fingerprint density at radius 2 is 1.94 bits per heavy atom. The highest BCUT2D eigenvalue weighted by Crippen LogP contribution is 2.34. The van der Waals surface area contributed by atoms with Gasteiger partial charge in [0.15, 0.2) is 0 Å². The summed E-state index contributed by atoms with van der Waals surface area (Å²) in [6, 6.07) is 4.34. The Bertz CT molecular complexity index is 531. The SMILES string of the molecule is Cc1occc1Sc1c(F)cc(CCN)cc1F. The van der Waals surface area contributed by atoms with Gasteiger partial charge in [0.1, 0.15) is 17.4 Å². The number of furan rings is 1. The Balaban J connectivity index is 2.31. The molecule has 2 aromatic rings. The van der Waals surface area contributed by atoms with Gasteiger partial charge in [0, 0.05) is 0 Å². The van der Waals surface area contributed by atoms with E-state index < -0.39 is 11.6 Å². The van der Waals surface area contributed by atoms with Gasteiger partial charge in [-0.3, -0.25) is 0 Å². The first-order valence-electron chi connectivity index (χ1n) is 5.51. The summed E-state index contributed by atoms with van der Waals surface area (Å²) < 4.78 is 32.7. The summed E-state index contributed by atoms with van der Waals surface area (Å²) in [5, 5.41) is 0. The van der Waals surface area contributed by atoms with Crippen molar-refractivity contribution in [2.24, 2.45) is 5.73 Å². The minimum atomic E-state index is -0.566. The van der Waals surface area contributed by atoms with E-state index in [1.54, 1.807) is 13.0 Å². The molecular formula is C13H13F2NOS. The largest absolute Gasteiger partial charge is 0.468 e. The van der Waals surface area contributed by atoms with Gasteiger partial charge in [-0.2, -0.15) is 0 Å². The van der Waals surface area contributed by atoms with Gasteiger partial charge in [0.25, 0.3) is 0 Å². The highest BCUT2D eigenvalue weighted by atomic mass is 32.2. The van der Waals surface area contributed by atoms with Gasteiger partial charge in [-0.15, -0.1) is 0 Å².